The number of aliphatic hydroxyl groups excluding tert-OH is 1. The summed E-state index contributed by atoms with van der Waals surface area (Å²) < 4.78 is 16.0. The zero-order chi connectivity index (χ0) is 19.4. The molecule has 1 amide bonds. The Hall–Kier alpha value is -3.41. The van der Waals surface area contributed by atoms with Gasteiger partial charge in [-0.3, -0.25) is 9.63 Å². The fourth-order valence-corrected chi connectivity index (χ4v) is 2.68. The minimum atomic E-state index is -0.551. The lowest BCUT2D eigenvalue weighted by atomic mass is 10.1. The summed E-state index contributed by atoms with van der Waals surface area (Å²) in [5.41, 5.74) is 3.60. The van der Waals surface area contributed by atoms with Gasteiger partial charge in [-0.1, -0.05) is 5.92 Å². The zero-order valence-corrected chi connectivity index (χ0v) is 14.5. The highest BCUT2D eigenvalue weighted by Gasteiger charge is 2.23. The summed E-state index contributed by atoms with van der Waals surface area (Å²) in [6, 6.07) is 7.75. The second kappa shape index (κ2) is 7.86. The summed E-state index contributed by atoms with van der Waals surface area (Å²) in [5.74, 6) is 1.60. The normalized spacial score (nSPS) is 10.6. The summed E-state index contributed by atoms with van der Waals surface area (Å²) in [6.45, 7) is -0.297. The Bertz CT molecular complexity index is 1040. The highest BCUT2D eigenvalue weighted by Crippen LogP contribution is 2.31. The monoisotopic (exact) mass is 368 g/mol. The van der Waals surface area contributed by atoms with E-state index >= 15 is 0 Å². The van der Waals surface area contributed by atoms with Gasteiger partial charge in [-0.15, -0.1) is 6.42 Å². The molecule has 0 aliphatic rings. The molecule has 7 nitrogen and oxygen atoms in total. The van der Waals surface area contributed by atoms with Gasteiger partial charge in [-0.2, -0.15) is 0 Å². The number of hydrogen-bond donors (Lipinski definition) is 3. The van der Waals surface area contributed by atoms with E-state index in [2.05, 4.69) is 21.7 Å². The number of halogens is 1. The Morgan fingerprint density at radius 2 is 2.26 bits per heavy atom. The molecular weight excluding hydrogens is 351 g/mol. The quantitative estimate of drug-likeness (QED) is 0.352. The van der Waals surface area contributed by atoms with Crippen LogP contribution in [0.1, 0.15) is 15.9 Å². The van der Waals surface area contributed by atoms with Crippen LogP contribution in [0.4, 0.5) is 15.9 Å². The minimum Gasteiger partial charge on any atom is -0.394 e. The molecule has 3 aromatic rings. The maximum atomic E-state index is 14.4. The van der Waals surface area contributed by atoms with Crippen LogP contribution >= 0.6 is 0 Å². The average molecular weight is 368 g/mol. The summed E-state index contributed by atoms with van der Waals surface area (Å²) in [4.78, 5) is 21.8. The predicted molar refractivity (Wildman–Crippen MR) is 98.8 cm³/mol. The smallest absolute Gasteiger partial charge is 0.279 e. The Kier molecular flexibility index (Phi) is 5.35. The molecule has 0 aliphatic heterocycles. The summed E-state index contributed by atoms with van der Waals surface area (Å²) >= 11 is 0. The maximum Gasteiger partial charge on any atom is 0.279 e. The molecule has 0 saturated carbocycles. The van der Waals surface area contributed by atoms with E-state index in [-0.39, 0.29) is 24.5 Å². The fraction of sp³-hybridized carbons (Fsp3) is 0.158. The molecule has 0 spiro atoms. The third-order valence-electron chi connectivity index (χ3n) is 3.92. The number of amides is 1. The van der Waals surface area contributed by atoms with E-state index in [1.807, 2.05) is 0 Å². The number of carbonyl (C=O) groups excluding carboxylic acids is 1. The summed E-state index contributed by atoms with van der Waals surface area (Å²) in [6.07, 6.45) is 6.88. The van der Waals surface area contributed by atoms with Crippen LogP contribution in [-0.4, -0.2) is 33.8 Å². The molecule has 0 radical (unpaired) electrons. The van der Waals surface area contributed by atoms with Crippen LogP contribution in [0.5, 0.6) is 0 Å². The molecule has 3 N–H and O–H groups in total. The van der Waals surface area contributed by atoms with Gasteiger partial charge in [0.25, 0.3) is 5.91 Å². The number of hydroxylamine groups is 1. The highest BCUT2D eigenvalue weighted by molar-refractivity contribution is 6.11. The average Bonchev–Trinajstić information content (AvgIpc) is 2.95. The number of aliphatic hydroxyl groups is 1. The molecular formula is C19H17FN4O3. The van der Waals surface area contributed by atoms with Crippen molar-refractivity contribution in [2.45, 2.75) is 0 Å². The molecule has 0 bridgehead atoms. The molecule has 1 aromatic carbocycles. The van der Waals surface area contributed by atoms with Gasteiger partial charge < -0.3 is 15.0 Å². The Labute approximate surface area is 154 Å². The Morgan fingerprint density at radius 1 is 1.44 bits per heavy atom. The zero-order valence-electron chi connectivity index (χ0n) is 14.5. The van der Waals surface area contributed by atoms with Crippen molar-refractivity contribution in [2.75, 3.05) is 18.5 Å². The third-order valence-corrected chi connectivity index (χ3v) is 3.92. The summed E-state index contributed by atoms with van der Waals surface area (Å²) in [5, 5.41) is 12.3. The molecule has 138 valence electrons. The Morgan fingerprint density at radius 3 is 2.96 bits per heavy atom. The van der Waals surface area contributed by atoms with E-state index in [1.165, 1.54) is 12.1 Å². The van der Waals surface area contributed by atoms with Crippen LogP contribution in [0.15, 0.2) is 36.5 Å². The van der Waals surface area contributed by atoms with E-state index < -0.39 is 11.7 Å². The number of carbonyl (C=O) groups is 1. The van der Waals surface area contributed by atoms with Crippen molar-refractivity contribution in [3.63, 3.8) is 0 Å². The van der Waals surface area contributed by atoms with Crippen molar-refractivity contribution < 1.29 is 19.1 Å². The number of nitrogens with one attached hydrogen (secondary N) is 2. The first-order valence-electron chi connectivity index (χ1n) is 8.06. The van der Waals surface area contributed by atoms with Crippen LogP contribution < -0.4 is 10.8 Å². The molecule has 8 heteroatoms. The number of benzene rings is 1. The molecule has 2 aromatic heterocycles. The molecule has 2 heterocycles. The number of aryl methyl sites for hydroxylation is 1. The third kappa shape index (κ3) is 3.60. The van der Waals surface area contributed by atoms with Crippen molar-refractivity contribution in [3.8, 4) is 12.3 Å². The van der Waals surface area contributed by atoms with Crippen molar-refractivity contribution in [1.29, 1.82) is 0 Å². The van der Waals surface area contributed by atoms with Gasteiger partial charge >= 0.3 is 0 Å². The van der Waals surface area contributed by atoms with E-state index in [4.69, 9.17) is 16.4 Å². The number of aromatic nitrogens is 2. The van der Waals surface area contributed by atoms with Crippen molar-refractivity contribution in [2.24, 2.45) is 7.05 Å². The maximum absolute atomic E-state index is 14.4. The van der Waals surface area contributed by atoms with Crippen LogP contribution in [-0.2, 0) is 11.9 Å². The van der Waals surface area contributed by atoms with Crippen LogP contribution in [0, 0.1) is 18.2 Å². The molecule has 0 unspecified atom stereocenters. The lowest BCUT2D eigenvalue weighted by Gasteiger charge is -2.12. The number of hydrogen-bond acceptors (Lipinski definition) is 5. The predicted octanol–water partition coefficient (Wildman–Crippen LogP) is 2.09. The molecule has 0 fully saturated rings. The van der Waals surface area contributed by atoms with Crippen molar-refractivity contribution in [3.05, 3.63) is 53.5 Å². The molecule has 0 saturated heterocycles. The van der Waals surface area contributed by atoms with Crippen molar-refractivity contribution in [1.82, 2.24) is 15.0 Å². The minimum absolute atomic E-state index is 0.0559. The largest absolute Gasteiger partial charge is 0.394 e. The van der Waals surface area contributed by atoms with Gasteiger partial charge in [-0.05, 0) is 30.3 Å². The second-order valence-corrected chi connectivity index (χ2v) is 5.62. The van der Waals surface area contributed by atoms with Crippen LogP contribution in [0.3, 0.4) is 0 Å². The number of nitrogens with zero attached hydrogens (tertiary/aromatic N) is 2. The summed E-state index contributed by atoms with van der Waals surface area (Å²) in [7, 11) is 1.71. The van der Waals surface area contributed by atoms with Gasteiger partial charge in [0.15, 0.2) is 0 Å². The Balaban J connectivity index is 2.06. The van der Waals surface area contributed by atoms with E-state index in [0.717, 1.165) is 0 Å². The number of terminal acetylenes is 1. The van der Waals surface area contributed by atoms with Gasteiger partial charge in [0.2, 0.25) is 0 Å². The van der Waals surface area contributed by atoms with Crippen LogP contribution in [0.25, 0.3) is 11.0 Å². The first kappa shape index (κ1) is 18.4. The van der Waals surface area contributed by atoms with Gasteiger partial charge in [-0.25, -0.2) is 14.9 Å². The van der Waals surface area contributed by atoms with Gasteiger partial charge in [0, 0.05) is 24.2 Å². The number of rotatable bonds is 6. The number of anilines is 2. The van der Waals surface area contributed by atoms with E-state index in [0.29, 0.717) is 22.4 Å². The molecule has 3 rings (SSSR count). The number of fused-ring (bicyclic) bond motifs is 1. The van der Waals surface area contributed by atoms with Crippen LogP contribution in [0.2, 0.25) is 0 Å². The lowest BCUT2D eigenvalue weighted by molar-refractivity contribution is 0.0170. The highest BCUT2D eigenvalue weighted by atomic mass is 19.1. The van der Waals surface area contributed by atoms with Gasteiger partial charge in [0.05, 0.1) is 24.5 Å². The number of pyridine rings is 1. The SMILES string of the molecule is C#Cc1ccc(Nc2c(C(=O)NOCCO)c3cccnc3n2C)c(F)c1. The van der Waals surface area contributed by atoms with E-state index in [1.54, 1.807) is 36.0 Å². The standard InChI is InChI=1S/C19H17FN4O3/c1-3-12-6-7-15(14(20)11-12)22-18-16(19(26)23-27-10-9-25)13-5-4-8-21-17(13)24(18)2/h1,4-8,11,22,25H,9-10H2,2H3,(H,23,26). The first-order chi connectivity index (χ1) is 13.1. The first-order valence-corrected chi connectivity index (χ1v) is 8.06. The van der Waals surface area contributed by atoms with Gasteiger partial charge in [0.1, 0.15) is 17.3 Å². The topological polar surface area (TPSA) is 88.4 Å². The second-order valence-electron chi connectivity index (χ2n) is 5.62. The fourth-order valence-electron chi connectivity index (χ4n) is 2.68. The molecule has 27 heavy (non-hydrogen) atoms. The molecule has 0 atom stereocenters. The van der Waals surface area contributed by atoms with Crippen molar-refractivity contribution >= 4 is 28.4 Å². The lowest BCUT2D eigenvalue weighted by Crippen LogP contribution is -2.25. The van der Waals surface area contributed by atoms with E-state index in [9.17, 15) is 9.18 Å². The molecule has 0 aliphatic carbocycles.